The maximum atomic E-state index is 12.3. The molecule has 0 aliphatic rings. The molecular formula is C31H28O7. The van der Waals surface area contributed by atoms with Crippen LogP contribution in [0.3, 0.4) is 0 Å². The molecule has 0 N–H and O–H groups in total. The smallest absolute Gasteiger partial charge is 0.497 e. The maximum absolute atomic E-state index is 12.3. The van der Waals surface area contributed by atoms with Crippen molar-refractivity contribution in [3.63, 3.8) is 0 Å². The Labute approximate surface area is 221 Å². The molecule has 4 rings (SSSR count). The second-order valence-electron chi connectivity index (χ2n) is 8.97. The Hall–Kier alpha value is -4.78. The van der Waals surface area contributed by atoms with Gasteiger partial charge in [-0.25, -0.2) is 4.79 Å². The number of hydrogen-bond acceptors (Lipinski definition) is 7. The van der Waals surface area contributed by atoms with Gasteiger partial charge in [0.15, 0.2) is 0 Å². The van der Waals surface area contributed by atoms with Crippen LogP contribution in [-0.2, 0) is 10.2 Å². The van der Waals surface area contributed by atoms with E-state index in [2.05, 4.69) is 13.8 Å². The lowest BCUT2D eigenvalue weighted by Crippen LogP contribution is -2.19. The van der Waals surface area contributed by atoms with Gasteiger partial charge in [-0.3, -0.25) is 4.79 Å². The summed E-state index contributed by atoms with van der Waals surface area (Å²) in [5.74, 6) is 2.82. The standard InChI is InChI=1S/C31H28O7/c1-21(32)35-25-9-5-22(6-10-25)31(2,3)23-7-11-28(12-8-23)37-30(33)38-29-19-17-27(18-20-29)36-26-15-13-24(34-4)14-16-26/h5-20H,1-4H3. The van der Waals surface area contributed by atoms with Gasteiger partial charge in [0.2, 0.25) is 0 Å². The van der Waals surface area contributed by atoms with Gasteiger partial charge in [0.25, 0.3) is 0 Å². The minimum atomic E-state index is -0.845. The molecule has 4 aromatic rings. The fraction of sp³-hybridized carbons (Fsp3) is 0.161. The number of esters is 1. The van der Waals surface area contributed by atoms with E-state index in [1.165, 1.54) is 6.92 Å². The molecule has 7 nitrogen and oxygen atoms in total. The van der Waals surface area contributed by atoms with Gasteiger partial charge in [-0.05, 0) is 83.9 Å². The first-order valence-electron chi connectivity index (χ1n) is 11.9. The average Bonchev–Trinajstić information content (AvgIpc) is 2.90. The van der Waals surface area contributed by atoms with E-state index in [1.807, 2.05) is 24.3 Å². The Kier molecular flexibility index (Phi) is 7.97. The van der Waals surface area contributed by atoms with Crippen LogP contribution in [0.2, 0.25) is 0 Å². The molecule has 4 aromatic carbocycles. The molecule has 0 amide bonds. The predicted molar refractivity (Wildman–Crippen MR) is 142 cm³/mol. The summed E-state index contributed by atoms with van der Waals surface area (Å²) < 4.78 is 26.7. The summed E-state index contributed by atoms with van der Waals surface area (Å²) in [5.41, 5.74) is 1.73. The van der Waals surface area contributed by atoms with Crippen molar-refractivity contribution in [1.29, 1.82) is 0 Å². The van der Waals surface area contributed by atoms with E-state index >= 15 is 0 Å². The Bertz CT molecular complexity index is 1370. The van der Waals surface area contributed by atoms with Crippen LogP contribution in [-0.4, -0.2) is 19.2 Å². The summed E-state index contributed by atoms with van der Waals surface area (Å²) in [6, 6.07) is 28.5. The summed E-state index contributed by atoms with van der Waals surface area (Å²) in [7, 11) is 1.60. The molecule has 0 atom stereocenters. The number of rotatable bonds is 8. The molecule has 0 aliphatic heterocycles. The van der Waals surface area contributed by atoms with Crippen molar-refractivity contribution < 1.29 is 33.3 Å². The van der Waals surface area contributed by atoms with Gasteiger partial charge in [0, 0.05) is 12.3 Å². The molecule has 0 unspecified atom stereocenters. The van der Waals surface area contributed by atoms with Crippen molar-refractivity contribution in [3.8, 4) is 34.5 Å². The van der Waals surface area contributed by atoms with Crippen molar-refractivity contribution in [1.82, 2.24) is 0 Å². The number of benzene rings is 4. The lowest BCUT2D eigenvalue weighted by Gasteiger charge is -2.26. The van der Waals surface area contributed by atoms with Crippen molar-refractivity contribution >= 4 is 12.1 Å². The third-order valence-corrected chi connectivity index (χ3v) is 5.93. The SMILES string of the molecule is COc1ccc(Oc2ccc(OC(=O)Oc3ccc(C(C)(C)c4ccc(OC(C)=O)cc4)cc3)cc2)cc1. The van der Waals surface area contributed by atoms with Gasteiger partial charge in [0.05, 0.1) is 7.11 Å². The zero-order valence-corrected chi connectivity index (χ0v) is 21.6. The number of carbonyl (C=O) groups is 2. The summed E-state index contributed by atoms with van der Waals surface area (Å²) in [6.07, 6.45) is -0.845. The number of ether oxygens (including phenoxy) is 5. The molecule has 0 aliphatic carbocycles. The van der Waals surface area contributed by atoms with E-state index < -0.39 is 6.16 Å². The molecule has 0 saturated carbocycles. The number of carbonyl (C=O) groups excluding carboxylic acids is 2. The minimum absolute atomic E-state index is 0.326. The molecule has 0 fully saturated rings. The van der Waals surface area contributed by atoms with Crippen molar-refractivity contribution in [2.45, 2.75) is 26.2 Å². The Morgan fingerprint density at radius 1 is 0.526 bits per heavy atom. The highest BCUT2D eigenvalue weighted by Crippen LogP contribution is 2.33. The molecule has 0 radical (unpaired) electrons. The molecule has 0 heterocycles. The Balaban J connectivity index is 1.33. The van der Waals surface area contributed by atoms with E-state index in [0.717, 1.165) is 16.9 Å². The summed E-state index contributed by atoms with van der Waals surface area (Å²) in [5, 5.41) is 0. The topological polar surface area (TPSA) is 80.3 Å². The van der Waals surface area contributed by atoms with E-state index in [-0.39, 0.29) is 11.4 Å². The van der Waals surface area contributed by atoms with Crippen LogP contribution >= 0.6 is 0 Å². The van der Waals surface area contributed by atoms with Crippen molar-refractivity contribution in [2.24, 2.45) is 0 Å². The molecule has 7 heteroatoms. The lowest BCUT2D eigenvalue weighted by molar-refractivity contribution is -0.131. The Morgan fingerprint density at radius 2 is 0.868 bits per heavy atom. The van der Waals surface area contributed by atoms with Gasteiger partial charge < -0.3 is 23.7 Å². The molecule has 0 aromatic heterocycles. The largest absolute Gasteiger partial charge is 0.519 e. The van der Waals surface area contributed by atoms with Crippen LogP contribution in [0.25, 0.3) is 0 Å². The highest BCUT2D eigenvalue weighted by atomic mass is 16.7. The van der Waals surface area contributed by atoms with E-state index in [0.29, 0.717) is 28.7 Å². The maximum Gasteiger partial charge on any atom is 0.519 e. The second kappa shape index (κ2) is 11.5. The zero-order valence-electron chi connectivity index (χ0n) is 21.6. The molecule has 0 bridgehead atoms. The third-order valence-electron chi connectivity index (χ3n) is 5.93. The van der Waals surface area contributed by atoms with Crippen LogP contribution in [0.5, 0.6) is 34.5 Å². The highest BCUT2D eigenvalue weighted by Gasteiger charge is 2.23. The second-order valence-corrected chi connectivity index (χ2v) is 8.97. The van der Waals surface area contributed by atoms with E-state index in [9.17, 15) is 9.59 Å². The van der Waals surface area contributed by atoms with Gasteiger partial charge in [-0.1, -0.05) is 38.1 Å². The first-order chi connectivity index (χ1) is 18.2. The van der Waals surface area contributed by atoms with Crippen LogP contribution in [0.1, 0.15) is 31.9 Å². The number of methoxy groups -OCH3 is 1. The predicted octanol–water partition coefficient (Wildman–Crippen LogP) is 7.32. The van der Waals surface area contributed by atoms with Crippen LogP contribution < -0.4 is 23.7 Å². The van der Waals surface area contributed by atoms with Gasteiger partial charge in [-0.15, -0.1) is 0 Å². The normalized spacial score (nSPS) is 10.8. The molecular weight excluding hydrogens is 484 g/mol. The van der Waals surface area contributed by atoms with Gasteiger partial charge in [0.1, 0.15) is 34.5 Å². The van der Waals surface area contributed by atoms with Crippen molar-refractivity contribution in [3.05, 3.63) is 108 Å². The monoisotopic (exact) mass is 512 g/mol. The first-order valence-corrected chi connectivity index (χ1v) is 11.9. The van der Waals surface area contributed by atoms with Crippen LogP contribution in [0.4, 0.5) is 4.79 Å². The molecule has 194 valence electrons. The van der Waals surface area contributed by atoms with Crippen molar-refractivity contribution in [2.75, 3.05) is 7.11 Å². The first kappa shape index (κ1) is 26.3. The van der Waals surface area contributed by atoms with Crippen LogP contribution in [0, 0.1) is 0 Å². The quantitative estimate of drug-likeness (QED) is 0.139. The molecule has 38 heavy (non-hydrogen) atoms. The van der Waals surface area contributed by atoms with Crippen LogP contribution in [0.15, 0.2) is 97.1 Å². The fourth-order valence-corrected chi connectivity index (χ4v) is 3.78. The van der Waals surface area contributed by atoms with Gasteiger partial charge in [-0.2, -0.15) is 0 Å². The Morgan fingerprint density at radius 3 is 1.26 bits per heavy atom. The lowest BCUT2D eigenvalue weighted by atomic mass is 9.78. The summed E-state index contributed by atoms with van der Waals surface area (Å²) in [6.45, 7) is 5.53. The van der Waals surface area contributed by atoms with E-state index in [1.54, 1.807) is 79.9 Å². The average molecular weight is 513 g/mol. The number of hydrogen-bond donors (Lipinski definition) is 0. The minimum Gasteiger partial charge on any atom is -0.497 e. The highest BCUT2D eigenvalue weighted by molar-refractivity contribution is 5.69. The fourth-order valence-electron chi connectivity index (χ4n) is 3.78. The van der Waals surface area contributed by atoms with Gasteiger partial charge >= 0.3 is 12.1 Å². The molecule has 0 saturated heterocycles. The summed E-state index contributed by atoms with van der Waals surface area (Å²) in [4.78, 5) is 23.5. The van der Waals surface area contributed by atoms with E-state index in [4.69, 9.17) is 23.7 Å². The zero-order chi connectivity index (χ0) is 27.1. The third kappa shape index (κ3) is 6.70. The molecule has 0 spiro atoms. The summed E-state index contributed by atoms with van der Waals surface area (Å²) >= 11 is 0.